The summed E-state index contributed by atoms with van der Waals surface area (Å²) in [4.78, 5) is 9.77. The summed E-state index contributed by atoms with van der Waals surface area (Å²) in [5.41, 5.74) is 0.138. The van der Waals surface area contributed by atoms with Crippen molar-refractivity contribution in [1.29, 1.82) is 0 Å². The van der Waals surface area contributed by atoms with Crippen LogP contribution in [0.1, 0.15) is 5.56 Å². The van der Waals surface area contributed by atoms with Gasteiger partial charge < -0.3 is 4.42 Å². The largest absolute Gasteiger partial charge is 0.472 e. The van der Waals surface area contributed by atoms with Gasteiger partial charge in [0.25, 0.3) is 5.69 Å². The number of nitro groups is 1. The van der Waals surface area contributed by atoms with Crippen molar-refractivity contribution < 1.29 is 17.8 Å². The molecule has 7 nitrogen and oxygen atoms in total. The maximum atomic E-state index is 12.1. The van der Waals surface area contributed by atoms with E-state index in [9.17, 15) is 18.5 Å². The van der Waals surface area contributed by atoms with E-state index in [2.05, 4.69) is 20.7 Å². The predicted octanol–water partition coefficient (Wildman–Crippen LogP) is 2.43. The average Bonchev–Trinajstić information content (AvgIpc) is 2.89. The van der Waals surface area contributed by atoms with E-state index >= 15 is 0 Å². The van der Waals surface area contributed by atoms with Crippen LogP contribution in [0.2, 0.25) is 0 Å². The molecule has 0 spiro atoms. The molecule has 0 fully saturated rings. The Morgan fingerprint density at radius 3 is 2.70 bits per heavy atom. The lowest BCUT2D eigenvalue weighted by molar-refractivity contribution is -0.387. The van der Waals surface area contributed by atoms with Crippen LogP contribution < -0.4 is 4.72 Å². The third kappa shape index (κ3) is 3.24. The van der Waals surface area contributed by atoms with E-state index in [4.69, 9.17) is 4.42 Å². The lowest BCUT2D eigenvalue weighted by Crippen LogP contribution is -2.23. The van der Waals surface area contributed by atoms with Crippen LogP contribution in [0.25, 0.3) is 0 Å². The normalized spacial score (nSPS) is 11.4. The molecule has 0 atom stereocenters. The van der Waals surface area contributed by atoms with Crippen molar-refractivity contribution in [3.63, 3.8) is 0 Å². The van der Waals surface area contributed by atoms with Crippen LogP contribution in [0.15, 0.2) is 50.6 Å². The number of nitrogens with one attached hydrogen (secondary N) is 1. The van der Waals surface area contributed by atoms with E-state index in [0.29, 0.717) is 10.0 Å². The number of sulfonamides is 1. The fraction of sp³-hybridized carbons (Fsp3) is 0.0909. The van der Waals surface area contributed by atoms with E-state index in [0.717, 1.165) is 6.07 Å². The Balaban J connectivity index is 2.33. The Labute approximate surface area is 122 Å². The highest BCUT2D eigenvalue weighted by molar-refractivity contribution is 9.10. The van der Waals surface area contributed by atoms with Crippen LogP contribution in [-0.2, 0) is 16.6 Å². The summed E-state index contributed by atoms with van der Waals surface area (Å²) < 4.78 is 31.8. The van der Waals surface area contributed by atoms with Gasteiger partial charge in [-0.25, -0.2) is 13.1 Å². The van der Waals surface area contributed by atoms with Gasteiger partial charge in [0.2, 0.25) is 10.0 Å². The van der Waals surface area contributed by atoms with Crippen LogP contribution in [0.4, 0.5) is 5.69 Å². The molecule has 0 amide bonds. The molecule has 1 aromatic heterocycles. The van der Waals surface area contributed by atoms with Gasteiger partial charge in [-0.15, -0.1) is 0 Å². The van der Waals surface area contributed by atoms with Crippen LogP contribution in [0.3, 0.4) is 0 Å². The highest BCUT2D eigenvalue weighted by Gasteiger charge is 2.25. The molecule has 1 aromatic carbocycles. The van der Waals surface area contributed by atoms with Gasteiger partial charge in [0, 0.05) is 22.6 Å². The Kier molecular flexibility index (Phi) is 4.21. The number of hydrogen-bond donors (Lipinski definition) is 1. The standard InChI is InChI=1S/C11H9BrN2O5S/c12-9-1-2-10(14(15)16)11(5-9)20(17,18)13-6-8-3-4-19-7-8/h1-5,7,13H,6H2. The summed E-state index contributed by atoms with van der Waals surface area (Å²) in [6.45, 7) is -0.0114. The van der Waals surface area contributed by atoms with Gasteiger partial charge in [0.15, 0.2) is 4.90 Å². The highest BCUT2D eigenvalue weighted by atomic mass is 79.9. The molecule has 0 saturated carbocycles. The number of benzene rings is 1. The van der Waals surface area contributed by atoms with E-state index in [1.54, 1.807) is 6.07 Å². The van der Waals surface area contributed by atoms with Crippen molar-refractivity contribution >= 4 is 31.6 Å². The van der Waals surface area contributed by atoms with Gasteiger partial charge >= 0.3 is 0 Å². The molecular formula is C11H9BrN2O5S. The quantitative estimate of drug-likeness (QED) is 0.651. The maximum absolute atomic E-state index is 12.1. The van der Waals surface area contributed by atoms with Crippen LogP contribution in [0, 0.1) is 10.1 Å². The Morgan fingerprint density at radius 2 is 2.10 bits per heavy atom. The van der Waals surface area contributed by atoms with Gasteiger partial charge in [0.05, 0.1) is 17.4 Å². The molecule has 9 heteroatoms. The van der Waals surface area contributed by atoms with Crippen molar-refractivity contribution in [3.8, 4) is 0 Å². The van der Waals surface area contributed by atoms with E-state index < -0.39 is 20.6 Å². The zero-order valence-electron chi connectivity index (χ0n) is 9.95. The molecule has 0 aliphatic carbocycles. The first-order valence-corrected chi connectivity index (χ1v) is 7.62. The van der Waals surface area contributed by atoms with Crippen LogP contribution in [0.5, 0.6) is 0 Å². The predicted molar refractivity (Wildman–Crippen MR) is 73.5 cm³/mol. The van der Waals surface area contributed by atoms with Gasteiger partial charge in [0.1, 0.15) is 0 Å². The molecule has 2 aromatic rings. The molecule has 0 bridgehead atoms. The number of rotatable bonds is 5. The minimum atomic E-state index is -4.00. The van der Waals surface area contributed by atoms with E-state index in [1.165, 1.54) is 24.7 Å². The van der Waals surface area contributed by atoms with Crippen molar-refractivity contribution in [1.82, 2.24) is 4.72 Å². The third-order valence-corrected chi connectivity index (χ3v) is 4.38. The first-order valence-electron chi connectivity index (χ1n) is 5.35. The molecule has 0 saturated heterocycles. The Morgan fingerprint density at radius 1 is 1.35 bits per heavy atom. The molecular weight excluding hydrogens is 352 g/mol. The van der Waals surface area contributed by atoms with Gasteiger partial charge in [-0.1, -0.05) is 15.9 Å². The number of nitrogens with zero attached hydrogens (tertiary/aromatic N) is 1. The second kappa shape index (κ2) is 5.73. The monoisotopic (exact) mass is 360 g/mol. The van der Waals surface area contributed by atoms with Crippen LogP contribution in [-0.4, -0.2) is 13.3 Å². The molecule has 1 N–H and O–H groups in total. The summed E-state index contributed by atoms with van der Waals surface area (Å²) in [7, 11) is -4.00. The number of halogens is 1. The van der Waals surface area contributed by atoms with E-state index in [-0.39, 0.29) is 11.4 Å². The molecule has 0 aliphatic rings. The minimum absolute atomic E-state index is 0.0114. The molecule has 0 radical (unpaired) electrons. The molecule has 0 aliphatic heterocycles. The van der Waals surface area contributed by atoms with E-state index in [1.807, 2.05) is 0 Å². The fourth-order valence-corrected chi connectivity index (χ4v) is 3.23. The zero-order valence-corrected chi connectivity index (χ0v) is 12.3. The van der Waals surface area contributed by atoms with Crippen LogP contribution >= 0.6 is 15.9 Å². The van der Waals surface area contributed by atoms with Gasteiger partial charge in [-0.05, 0) is 18.2 Å². The summed E-state index contributed by atoms with van der Waals surface area (Å²) >= 11 is 3.10. The minimum Gasteiger partial charge on any atom is -0.472 e. The van der Waals surface area contributed by atoms with Crippen molar-refractivity contribution in [2.75, 3.05) is 0 Å². The van der Waals surface area contributed by atoms with Crippen molar-refractivity contribution in [3.05, 3.63) is 56.9 Å². The number of nitro benzene ring substituents is 1. The molecule has 1 heterocycles. The Hall–Kier alpha value is -1.71. The molecule has 106 valence electrons. The SMILES string of the molecule is O=[N+]([O-])c1ccc(Br)cc1S(=O)(=O)NCc1ccoc1. The van der Waals surface area contributed by atoms with Gasteiger partial charge in [-0.2, -0.15) is 0 Å². The zero-order chi connectivity index (χ0) is 14.8. The molecule has 20 heavy (non-hydrogen) atoms. The highest BCUT2D eigenvalue weighted by Crippen LogP contribution is 2.27. The topological polar surface area (TPSA) is 102 Å². The average molecular weight is 361 g/mol. The van der Waals surface area contributed by atoms with Crippen molar-refractivity contribution in [2.45, 2.75) is 11.4 Å². The second-order valence-corrected chi connectivity index (χ2v) is 6.48. The van der Waals surface area contributed by atoms with Crippen molar-refractivity contribution in [2.24, 2.45) is 0 Å². The van der Waals surface area contributed by atoms with Gasteiger partial charge in [-0.3, -0.25) is 10.1 Å². The number of furan rings is 1. The first-order chi connectivity index (χ1) is 9.40. The first kappa shape index (κ1) is 14.7. The lowest BCUT2D eigenvalue weighted by atomic mass is 10.3. The number of hydrogen-bond acceptors (Lipinski definition) is 5. The third-order valence-electron chi connectivity index (χ3n) is 2.45. The molecule has 0 unspecified atom stereocenters. The fourth-order valence-electron chi connectivity index (χ4n) is 1.50. The smallest absolute Gasteiger partial charge is 0.289 e. The lowest BCUT2D eigenvalue weighted by Gasteiger charge is -2.06. The summed E-state index contributed by atoms with van der Waals surface area (Å²) in [6.07, 6.45) is 2.79. The summed E-state index contributed by atoms with van der Waals surface area (Å²) in [5, 5.41) is 10.9. The maximum Gasteiger partial charge on any atom is 0.289 e. The Bertz CT molecular complexity index is 727. The molecule has 2 rings (SSSR count). The summed E-state index contributed by atoms with van der Waals surface area (Å²) in [5.74, 6) is 0. The second-order valence-electron chi connectivity index (χ2n) is 3.83. The summed E-state index contributed by atoms with van der Waals surface area (Å²) in [6, 6.07) is 5.33.